The zero-order chi connectivity index (χ0) is 14.2. The van der Waals surface area contributed by atoms with Crippen LogP contribution in [-0.2, 0) is 16.0 Å². The van der Waals surface area contributed by atoms with Crippen molar-refractivity contribution in [2.45, 2.75) is 39.7 Å². The first-order valence-electron chi connectivity index (χ1n) is 6.56. The van der Waals surface area contributed by atoms with Gasteiger partial charge in [-0.2, -0.15) is 0 Å². The molecule has 0 spiro atoms. The lowest BCUT2D eigenvalue weighted by molar-refractivity contribution is -0.138. The van der Waals surface area contributed by atoms with Gasteiger partial charge in [-0.05, 0) is 43.9 Å². The maximum absolute atomic E-state index is 11.7. The Morgan fingerprint density at radius 2 is 1.79 bits per heavy atom. The first-order valence-corrected chi connectivity index (χ1v) is 6.56. The fraction of sp³-hybridized carbons (Fsp3) is 0.467. The van der Waals surface area contributed by atoms with Crippen molar-refractivity contribution >= 4 is 11.8 Å². The Kier molecular flexibility index (Phi) is 3.71. The summed E-state index contributed by atoms with van der Waals surface area (Å²) < 4.78 is 0. The van der Waals surface area contributed by atoms with Crippen LogP contribution in [-0.4, -0.2) is 29.3 Å². The molecule has 1 heterocycles. The summed E-state index contributed by atoms with van der Waals surface area (Å²) in [6.07, 6.45) is 0.840. The minimum atomic E-state index is -0.646. The number of carbonyl (C=O) groups is 2. The first kappa shape index (κ1) is 13.7. The summed E-state index contributed by atoms with van der Waals surface area (Å²) in [6.45, 7) is 6.62. The molecule has 1 aliphatic rings. The third-order valence-electron chi connectivity index (χ3n) is 3.70. The molecule has 2 amide bonds. The van der Waals surface area contributed by atoms with E-state index in [9.17, 15) is 9.59 Å². The van der Waals surface area contributed by atoms with Crippen LogP contribution in [0.15, 0.2) is 12.1 Å². The summed E-state index contributed by atoms with van der Waals surface area (Å²) in [5, 5.41) is 0. The first-order chi connectivity index (χ1) is 8.90. The topological polar surface area (TPSA) is 63.4 Å². The molecular weight excluding hydrogens is 240 g/mol. The fourth-order valence-electron chi connectivity index (χ4n) is 2.77. The van der Waals surface area contributed by atoms with E-state index in [-0.39, 0.29) is 18.2 Å². The Hall–Kier alpha value is -1.68. The number of carbonyl (C=O) groups excluding carboxylic acids is 2. The van der Waals surface area contributed by atoms with Crippen LogP contribution in [0.5, 0.6) is 0 Å². The summed E-state index contributed by atoms with van der Waals surface area (Å²) in [5.74, 6) is -0.396. The third kappa shape index (κ3) is 2.68. The number of nitrogens with two attached hydrogens (primary N) is 1. The highest BCUT2D eigenvalue weighted by Crippen LogP contribution is 2.19. The summed E-state index contributed by atoms with van der Waals surface area (Å²) in [7, 11) is 0. The molecule has 0 aliphatic carbocycles. The van der Waals surface area contributed by atoms with Crippen LogP contribution < -0.4 is 5.73 Å². The van der Waals surface area contributed by atoms with Crippen molar-refractivity contribution in [1.29, 1.82) is 0 Å². The lowest BCUT2D eigenvalue weighted by Gasteiger charge is -2.17. The van der Waals surface area contributed by atoms with Gasteiger partial charge in [0.15, 0.2) is 0 Å². The van der Waals surface area contributed by atoms with Crippen LogP contribution >= 0.6 is 0 Å². The monoisotopic (exact) mass is 260 g/mol. The smallest absolute Gasteiger partial charge is 0.246 e. The van der Waals surface area contributed by atoms with Crippen LogP contribution in [0.25, 0.3) is 0 Å². The predicted molar refractivity (Wildman–Crippen MR) is 73.7 cm³/mol. The molecule has 1 aliphatic heterocycles. The van der Waals surface area contributed by atoms with Gasteiger partial charge >= 0.3 is 0 Å². The van der Waals surface area contributed by atoms with Gasteiger partial charge in [0.05, 0.1) is 12.5 Å². The lowest BCUT2D eigenvalue weighted by atomic mass is 9.97. The maximum Gasteiger partial charge on any atom is 0.246 e. The summed E-state index contributed by atoms with van der Waals surface area (Å²) >= 11 is 0. The molecule has 19 heavy (non-hydrogen) atoms. The average Bonchev–Trinajstić information content (AvgIpc) is 2.53. The molecule has 1 aromatic carbocycles. The van der Waals surface area contributed by atoms with Gasteiger partial charge in [0, 0.05) is 6.54 Å². The number of likely N-dealkylation sites (tertiary alicyclic amines) is 1. The maximum atomic E-state index is 11.7. The number of hydrogen-bond acceptors (Lipinski definition) is 3. The van der Waals surface area contributed by atoms with Crippen molar-refractivity contribution in [3.05, 3.63) is 34.4 Å². The highest BCUT2D eigenvalue weighted by molar-refractivity contribution is 6.05. The second-order valence-electron chi connectivity index (χ2n) is 5.32. The van der Waals surface area contributed by atoms with Crippen molar-refractivity contribution in [2.75, 3.05) is 6.54 Å². The Morgan fingerprint density at radius 3 is 2.26 bits per heavy atom. The Morgan fingerprint density at radius 1 is 1.21 bits per heavy atom. The molecule has 0 aromatic heterocycles. The quantitative estimate of drug-likeness (QED) is 0.832. The van der Waals surface area contributed by atoms with Gasteiger partial charge in [0.1, 0.15) is 0 Å². The normalized spacial score (nSPS) is 19.4. The molecule has 4 heteroatoms. The summed E-state index contributed by atoms with van der Waals surface area (Å²) in [6, 6.07) is 3.61. The van der Waals surface area contributed by atoms with Crippen molar-refractivity contribution in [2.24, 2.45) is 5.73 Å². The highest BCUT2D eigenvalue weighted by atomic mass is 16.2. The standard InChI is InChI=1S/C15H20N2O2/c1-9-6-10(2)12(11(3)7-9)4-5-17-14(18)8-13(16)15(17)19/h6-7,13H,4-5,8,16H2,1-3H3. The molecule has 2 N–H and O–H groups in total. The number of aryl methyl sites for hydroxylation is 3. The average molecular weight is 260 g/mol. The van der Waals surface area contributed by atoms with Gasteiger partial charge in [-0.1, -0.05) is 17.7 Å². The van der Waals surface area contributed by atoms with Crippen LogP contribution in [0.2, 0.25) is 0 Å². The van der Waals surface area contributed by atoms with Gasteiger partial charge in [0.2, 0.25) is 11.8 Å². The van der Waals surface area contributed by atoms with Gasteiger partial charge in [-0.15, -0.1) is 0 Å². The lowest BCUT2D eigenvalue weighted by Crippen LogP contribution is -2.36. The number of rotatable bonds is 3. The van der Waals surface area contributed by atoms with E-state index in [1.165, 1.54) is 27.2 Å². The number of hydrogen-bond donors (Lipinski definition) is 1. The molecule has 1 unspecified atom stereocenters. The van der Waals surface area contributed by atoms with Crippen molar-refractivity contribution in [3.63, 3.8) is 0 Å². The van der Waals surface area contributed by atoms with Crippen molar-refractivity contribution in [1.82, 2.24) is 4.90 Å². The molecule has 1 aromatic rings. The third-order valence-corrected chi connectivity index (χ3v) is 3.70. The van der Waals surface area contributed by atoms with E-state index in [0.717, 1.165) is 0 Å². The zero-order valence-corrected chi connectivity index (χ0v) is 11.7. The van der Waals surface area contributed by atoms with Crippen molar-refractivity contribution in [3.8, 4) is 0 Å². The second kappa shape index (κ2) is 5.13. The molecule has 102 valence electrons. The van der Waals surface area contributed by atoms with E-state index in [1.807, 2.05) is 0 Å². The summed E-state index contributed by atoms with van der Waals surface area (Å²) in [4.78, 5) is 24.7. The number of imide groups is 1. The van der Waals surface area contributed by atoms with Crippen LogP contribution in [0.1, 0.15) is 28.7 Å². The Balaban J connectivity index is 2.12. The molecular formula is C15H20N2O2. The van der Waals surface area contributed by atoms with E-state index >= 15 is 0 Å². The van der Waals surface area contributed by atoms with Gasteiger partial charge in [-0.25, -0.2) is 0 Å². The zero-order valence-electron chi connectivity index (χ0n) is 11.7. The van der Waals surface area contributed by atoms with E-state index in [0.29, 0.717) is 13.0 Å². The number of benzene rings is 1. The van der Waals surface area contributed by atoms with E-state index in [4.69, 9.17) is 5.73 Å². The molecule has 1 atom stereocenters. The van der Waals surface area contributed by atoms with Crippen LogP contribution in [0.4, 0.5) is 0 Å². The van der Waals surface area contributed by atoms with E-state index in [1.54, 1.807) is 0 Å². The predicted octanol–water partition coefficient (Wildman–Crippen LogP) is 1.24. The van der Waals surface area contributed by atoms with E-state index < -0.39 is 6.04 Å². The number of nitrogens with zero attached hydrogens (tertiary/aromatic N) is 1. The minimum Gasteiger partial charge on any atom is -0.319 e. The molecule has 1 saturated heterocycles. The summed E-state index contributed by atoms with van der Waals surface area (Å²) in [5.41, 5.74) is 10.5. The number of amides is 2. The molecule has 2 rings (SSSR count). The molecule has 4 nitrogen and oxygen atoms in total. The largest absolute Gasteiger partial charge is 0.319 e. The van der Waals surface area contributed by atoms with Gasteiger partial charge in [0.25, 0.3) is 0 Å². The van der Waals surface area contributed by atoms with E-state index in [2.05, 4.69) is 32.9 Å². The van der Waals surface area contributed by atoms with Gasteiger partial charge in [-0.3, -0.25) is 14.5 Å². The molecule has 1 fully saturated rings. The fourth-order valence-corrected chi connectivity index (χ4v) is 2.77. The molecule has 0 bridgehead atoms. The SMILES string of the molecule is Cc1cc(C)c(CCN2C(=O)CC(N)C2=O)c(C)c1. The van der Waals surface area contributed by atoms with Crippen LogP contribution in [0.3, 0.4) is 0 Å². The molecule has 0 radical (unpaired) electrons. The minimum absolute atomic E-state index is 0.144. The second-order valence-corrected chi connectivity index (χ2v) is 5.32. The van der Waals surface area contributed by atoms with Crippen LogP contribution in [0, 0.1) is 20.8 Å². The Labute approximate surface area is 113 Å². The van der Waals surface area contributed by atoms with Crippen molar-refractivity contribution < 1.29 is 9.59 Å². The molecule has 0 saturated carbocycles. The van der Waals surface area contributed by atoms with Gasteiger partial charge < -0.3 is 5.73 Å². The highest BCUT2D eigenvalue weighted by Gasteiger charge is 2.35. The Bertz CT molecular complexity index is 514.